The average Bonchev–Trinajstić information content (AvgIpc) is 2.43. The van der Waals surface area contributed by atoms with Gasteiger partial charge in [0.1, 0.15) is 5.82 Å². The first-order chi connectivity index (χ1) is 10.1. The normalized spacial score (nSPS) is 10.7. The Morgan fingerprint density at radius 1 is 1.14 bits per heavy atom. The molecule has 0 unspecified atom stereocenters. The first-order valence-corrected chi connectivity index (χ1v) is 8.52. The van der Waals surface area contributed by atoms with Crippen LogP contribution in [0.25, 0.3) is 11.4 Å². The second-order valence-electron chi connectivity index (χ2n) is 5.26. The van der Waals surface area contributed by atoms with Crippen LogP contribution in [0.2, 0.25) is 0 Å². The molecule has 0 fully saturated rings. The zero-order chi connectivity index (χ0) is 15.4. The molecule has 0 saturated carbocycles. The van der Waals surface area contributed by atoms with E-state index in [-0.39, 0.29) is 0 Å². The van der Waals surface area contributed by atoms with E-state index < -0.39 is 0 Å². The Kier molecular flexibility index (Phi) is 5.56. The molecule has 0 saturated heterocycles. The zero-order valence-electron chi connectivity index (χ0n) is 13.1. The second kappa shape index (κ2) is 7.20. The van der Waals surface area contributed by atoms with Crippen molar-refractivity contribution in [2.75, 3.05) is 11.9 Å². The number of aromatic nitrogens is 2. The van der Waals surface area contributed by atoms with Crippen molar-refractivity contribution in [3.05, 3.63) is 38.6 Å². The predicted molar refractivity (Wildman–Crippen MR) is 97.8 cm³/mol. The molecule has 1 N–H and O–H groups in total. The maximum Gasteiger partial charge on any atom is 0.162 e. The lowest BCUT2D eigenvalue weighted by Crippen LogP contribution is -2.08. The van der Waals surface area contributed by atoms with Crippen LogP contribution in [-0.4, -0.2) is 16.5 Å². The standard InChI is InChI=1S/C17H22IN3/c1-5-7-14-15(18)17(19-6-2)21-16(20-14)13-9-8-11(3)10-12(13)4/h8-10H,5-7H2,1-4H3,(H,19,20,21). The zero-order valence-corrected chi connectivity index (χ0v) is 15.3. The van der Waals surface area contributed by atoms with Crippen LogP contribution in [0.15, 0.2) is 18.2 Å². The van der Waals surface area contributed by atoms with Crippen molar-refractivity contribution in [3.8, 4) is 11.4 Å². The van der Waals surface area contributed by atoms with Crippen molar-refractivity contribution in [1.82, 2.24) is 9.97 Å². The van der Waals surface area contributed by atoms with Crippen molar-refractivity contribution in [3.63, 3.8) is 0 Å². The van der Waals surface area contributed by atoms with Crippen molar-refractivity contribution in [2.24, 2.45) is 0 Å². The summed E-state index contributed by atoms with van der Waals surface area (Å²) in [6.45, 7) is 9.37. The van der Waals surface area contributed by atoms with E-state index in [9.17, 15) is 0 Å². The van der Waals surface area contributed by atoms with E-state index in [2.05, 4.69) is 73.8 Å². The molecule has 0 aliphatic carbocycles. The minimum absolute atomic E-state index is 0.826. The number of benzene rings is 1. The number of hydrogen-bond donors (Lipinski definition) is 1. The van der Waals surface area contributed by atoms with Gasteiger partial charge in [0.25, 0.3) is 0 Å². The highest BCUT2D eigenvalue weighted by atomic mass is 127. The number of hydrogen-bond acceptors (Lipinski definition) is 3. The third-order valence-corrected chi connectivity index (χ3v) is 4.51. The van der Waals surface area contributed by atoms with E-state index in [0.717, 1.165) is 45.9 Å². The van der Waals surface area contributed by atoms with Crippen LogP contribution < -0.4 is 5.32 Å². The first-order valence-electron chi connectivity index (χ1n) is 7.44. The first kappa shape index (κ1) is 16.2. The summed E-state index contributed by atoms with van der Waals surface area (Å²) in [6.07, 6.45) is 2.07. The quantitative estimate of drug-likeness (QED) is 0.743. The fourth-order valence-corrected chi connectivity index (χ4v) is 3.07. The highest BCUT2D eigenvalue weighted by Crippen LogP contribution is 2.27. The van der Waals surface area contributed by atoms with Gasteiger partial charge < -0.3 is 5.32 Å². The molecule has 1 aromatic heterocycles. The van der Waals surface area contributed by atoms with Gasteiger partial charge in [0, 0.05) is 12.1 Å². The summed E-state index contributed by atoms with van der Waals surface area (Å²) in [5, 5.41) is 3.36. The molecule has 0 atom stereocenters. The fraction of sp³-hybridized carbons (Fsp3) is 0.412. The molecule has 2 aromatic rings. The van der Waals surface area contributed by atoms with Crippen molar-refractivity contribution < 1.29 is 0 Å². The molecule has 0 aliphatic rings. The average molecular weight is 395 g/mol. The Morgan fingerprint density at radius 2 is 1.90 bits per heavy atom. The fourth-order valence-electron chi connectivity index (χ4n) is 2.37. The second-order valence-corrected chi connectivity index (χ2v) is 6.33. The van der Waals surface area contributed by atoms with Crippen LogP contribution in [0.5, 0.6) is 0 Å². The van der Waals surface area contributed by atoms with Gasteiger partial charge >= 0.3 is 0 Å². The van der Waals surface area contributed by atoms with Crippen LogP contribution in [0.4, 0.5) is 5.82 Å². The molecule has 112 valence electrons. The number of nitrogens with zero attached hydrogens (tertiary/aromatic N) is 2. The summed E-state index contributed by atoms with van der Waals surface area (Å²) in [5.41, 5.74) is 4.75. The smallest absolute Gasteiger partial charge is 0.162 e. The third-order valence-electron chi connectivity index (χ3n) is 3.37. The summed E-state index contributed by atoms with van der Waals surface area (Å²) < 4.78 is 1.14. The molecular formula is C17H22IN3. The Bertz CT molecular complexity index is 611. The molecule has 21 heavy (non-hydrogen) atoms. The van der Waals surface area contributed by atoms with Crippen LogP contribution in [-0.2, 0) is 6.42 Å². The molecule has 1 heterocycles. The van der Waals surface area contributed by atoms with Gasteiger partial charge in [-0.05, 0) is 55.3 Å². The number of rotatable bonds is 5. The molecule has 4 heteroatoms. The third kappa shape index (κ3) is 3.73. The molecule has 0 radical (unpaired) electrons. The summed E-state index contributed by atoms with van der Waals surface area (Å²) in [6, 6.07) is 6.43. The summed E-state index contributed by atoms with van der Waals surface area (Å²) in [4.78, 5) is 9.54. The summed E-state index contributed by atoms with van der Waals surface area (Å²) in [7, 11) is 0. The lowest BCUT2D eigenvalue weighted by atomic mass is 10.0. The van der Waals surface area contributed by atoms with Gasteiger partial charge in [0.2, 0.25) is 0 Å². The minimum atomic E-state index is 0.826. The summed E-state index contributed by atoms with van der Waals surface area (Å²) in [5.74, 6) is 1.78. The van der Waals surface area contributed by atoms with Crippen LogP contribution >= 0.6 is 22.6 Å². The van der Waals surface area contributed by atoms with Gasteiger partial charge in [-0.1, -0.05) is 37.1 Å². The molecule has 0 amide bonds. The van der Waals surface area contributed by atoms with Crippen molar-refractivity contribution in [2.45, 2.75) is 40.5 Å². The highest BCUT2D eigenvalue weighted by molar-refractivity contribution is 14.1. The molecule has 2 rings (SSSR count). The van der Waals surface area contributed by atoms with E-state index in [4.69, 9.17) is 9.97 Å². The SMILES string of the molecule is CCCc1nc(-c2ccc(C)cc2C)nc(NCC)c1I. The minimum Gasteiger partial charge on any atom is -0.369 e. The molecule has 0 aliphatic heterocycles. The number of anilines is 1. The molecule has 1 aromatic carbocycles. The maximum atomic E-state index is 4.81. The van der Waals surface area contributed by atoms with E-state index >= 15 is 0 Å². The number of nitrogens with one attached hydrogen (secondary N) is 1. The maximum absolute atomic E-state index is 4.81. The Labute approximate surface area is 140 Å². The summed E-state index contributed by atoms with van der Waals surface area (Å²) >= 11 is 2.35. The van der Waals surface area contributed by atoms with Crippen LogP contribution in [0.1, 0.15) is 37.1 Å². The van der Waals surface area contributed by atoms with Gasteiger partial charge in [0.05, 0.1) is 9.26 Å². The Hall–Kier alpha value is -1.17. The van der Waals surface area contributed by atoms with Gasteiger partial charge in [-0.25, -0.2) is 9.97 Å². The molecule has 0 bridgehead atoms. The highest BCUT2D eigenvalue weighted by Gasteiger charge is 2.13. The molecular weight excluding hydrogens is 373 g/mol. The van der Waals surface area contributed by atoms with E-state index in [1.807, 2.05) is 0 Å². The monoisotopic (exact) mass is 395 g/mol. The van der Waals surface area contributed by atoms with E-state index in [1.165, 1.54) is 11.1 Å². The number of halogens is 1. The van der Waals surface area contributed by atoms with Crippen LogP contribution in [0, 0.1) is 17.4 Å². The lowest BCUT2D eigenvalue weighted by molar-refractivity contribution is 0.866. The van der Waals surface area contributed by atoms with E-state index in [1.54, 1.807) is 0 Å². The molecule has 3 nitrogen and oxygen atoms in total. The van der Waals surface area contributed by atoms with Crippen molar-refractivity contribution >= 4 is 28.4 Å². The number of aryl methyl sites for hydroxylation is 3. The Morgan fingerprint density at radius 3 is 2.52 bits per heavy atom. The van der Waals surface area contributed by atoms with Crippen LogP contribution in [0.3, 0.4) is 0 Å². The Balaban J connectivity index is 2.56. The predicted octanol–water partition coefficient (Wildman–Crippen LogP) is 4.75. The topological polar surface area (TPSA) is 37.8 Å². The largest absolute Gasteiger partial charge is 0.369 e. The lowest BCUT2D eigenvalue weighted by Gasteiger charge is -2.13. The van der Waals surface area contributed by atoms with E-state index in [0.29, 0.717) is 0 Å². The van der Waals surface area contributed by atoms with Crippen molar-refractivity contribution in [1.29, 1.82) is 0 Å². The van der Waals surface area contributed by atoms with Gasteiger partial charge in [-0.2, -0.15) is 0 Å². The molecule has 0 spiro atoms. The van der Waals surface area contributed by atoms with Gasteiger partial charge in [0.15, 0.2) is 5.82 Å². The van der Waals surface area contributed by atoms with Gasteiger partial charge in [-0.15, -0.1) is 0 Å². The van der Waals surface area contributed by atoms with Gasteiger partial charge in [-0.3, -0.25) is 0 Å².